The molecule has 3 atom stereocenters. The minimum Gasteiger partial charge on any atom is -0.508 e. The molecule has 2 aromatic rings. The van der Waals surface area contributed by atoms with Crippen molar-refractivity contribution in [3.63, 3.8) is 0 Å². The second kappa shape index (κ2) is 17.9. The summed E-state index contributed by atoms with van der Waals surface area (Å²) in [4.78, 5) is 70.8. The third kappa shape index (κ3) is 12.3. The van der Waals surface area contributed by atoms with Crippen LogP contribution in [0.2, 0.25) is 0 Å². The van der Waals surface area contributed by atoms with Gasteiger partial charge in [-0.1, -0.05) is 50.2 Å². The van der Waals surface area contributed by atoms with Crippen LogP contribution in [-0.2, 0) is 28.5 Å². The van der Waals surface area contributed by atoms with Crippen LogP contribution < -0.4 is 10.6 Å². The summed E-state index contributed by atoms with van der Waals surface area (Å²) < 4.78 is 11.2. The van der Waals surface area contributed by atoms with Gasteiger partial charge in [0, 0.05) is 40.2 Å². The van der Waals surface area contributed by atoms with Crippen molar-refractivity contribution in [1.82, 2.24) is 25.4 Å². The monoisotopic (exact) mass is 625 g/mol. The van der Waals surface area contributed by atoms with Crippen molar-refractivity contribution in [3.05, 3.63) is 54.2 Å². The molecule has 0 saturated carbocycles. The van der Waals surface area contributed by atoms with Crippen molar-refractivity contribution in [2.24, 2.45) is 5.92 Å². The molecule has 0 fully saturated rings. The molecule has 244 valence electrons. The van der Waals surface area contributed by atoms with Gasteiger partial charge in [-0.15, -0.1) is 0 Å². The molecule has 1 aromatic carbocycles. The topological polar surface area (TPSA) is 167 Å². The normalized spacial score (nSPS) is 12.8. The molecule has 14 heteroatoms. The Morgan fingerprint density at radius 3 is 2.09 bits per heavy atom. The van der Waals surface area contributed by atoms with Crippen LogP contribution in [0.5, 0.6) is 0 Å². The zero-order chi connectivity index (χ0) is 33.7. The zero-order valence-electron chi connectivity index (χ0n) is 27.0. The maximum atomic E-state index is 13.5. The summed E-state index contributed by atoms with van der Waals surface area (Å²) in [5.41, 5.74) is 1.39. The summed E-state index contributed by atoms with van der Waals surface area (Å²) in [6.07, 6.45) is -1.42. The summed E-state index contributed by atoms with van der Waals surface area (Å²) in [5, 5.41) is 15.8. The first kappa shape index (κ1) is 36.9. The number of hydrogen-bond donors (Lipinski definition) is 3. The van der Waals surface area contributed by atoms with Gasteiger partial charge in [0.15, 0.2) is 0 Å². The highest BCUT2D eigenvalue weighted by Gasteiger charge is 2.39. The number of amides is 4. The molecule has 3 N–H and O–H groups in total. The summed E-state index contributed by atoms with van der Waals surface area (Å²) >= 11 is 0. The lowest BCUT2D eigenvalue weighted by molar-refractivity contribution is -0.140. The molecular weight excluding hydrogens is 581 g/mol. The van der Waals surface area contributed by atoms with Gasteiger partial charge in [-0.05, 0) is 31.4 Å². The number of hydrogen-bond acceptors (Lipinski definition) is 9. The number of aliphatic hydroxyl groups excluding tert-OH is 1. The minimum atomic E-state index is -1.41. The van der Waals surface area contributed by atoms with Gasteiger partial charge < -0.3 is 34.8 Å². The third-order valence-corrected chi connectivity index (χ3v) is 6.64. The van der Waals surface area contributed by atoms with Crippen LogP contribution in [0, 0.1) is 5.92 Å². The Morgan fingerprint density at radius 2 is 1.51 bits per heavy atom. The second-order valence-electron chi connectivity index (χ2n) is 11.5. The summed E-state index contributed by atoms with van der Waals surface area (Å²) in [5.74, 6) is -3.92. The van der Waals surface area contributed by atoms with Crippen molar-refractivity contribution in [2.75, 3.05) is 34.8 Å². The van der Waals surface area contributed by atoms with E-state index in [1.165, 1.54) is 36.9 Å². The number of likely N-dealkylation sites (N-methyl/N-ethyl adjacent to an activating group) is 1. The predicted octanol–water partition coefficient (Wildman–Crippen LogP) is 1.30. The van der Waals surface area contributed by atoms with Gasteiger partial charge in [-0.3, -0.25) is 24.0 Å². The highest BCUT2D eigenvalue weighted by Crippen LogP contribution is 2.17. The quantitative estimate of drug-likeness (QED) is 0.233. The number of aliphatic hydroxyl groups is 1. The Balaban J connectivity index is 2.27. The molecule has 1 aromatic heterocycles. The van der Waals surface area contributed by atoms with Crippen molar-refractivity contribution >= 4 is 36.7 Å². The fraction of sp³-hybridized carbons (Fsp3) is 0.484. The minimum absolute atomic E-state index is 0.0375. The Morgan fingerprint density at radius 1 is 0.867 bits per heavy atom. The van der Waals surface area contributed by atoms with Crippen LogP contribution in [0.15, 0.2) is 48.5 Å². The van der Waals surface area contributed by atoms with Gasteiger partial charge >= 0.3 is 7.12 Å². The highest BCUT2D eigenvalue weighted by molar-refractivity contribution is 6.49. The fourth-order valence-electron chi connectivity index (χ4n) is 4.11. The van der Waals surface area contributed by atoms with E-state index in [1.807, 2.05) is 44.2 Å². The standard InChI is InChI=1S/C31H44BN5O8/c1-20(2)18-25(32(44-19-27(40)37(6)7)45-28(41)17-16-26(39)36(4)5)34-31(43)29(21(3)38)35-30(42)24-15-11-14-23(33-24)22-12-9-8-10-13-22/h8-15,20-21,25,29,38H,16-19H2,1-7H3,(H,34,43)(H,35,42)/t21-,25+,29?/m1/s1. The Kier molecular flexibility index (Phi) is 14.6. The largest absolute Gasteiger partial charge is 0.551 e. The Hall–Kier alpha value is -4.30. The van der Waals surface area contributed by atoms with E-state index in [-0.39, 0.29) is 36.8 Å². The molecule has 45 heavy (non-hydrogen) atoms. The molecule has 0 spiro atoms. The maximum Gasteiger partial charge on any atom is 0.551 e. The number of carbonyl (C=O) groups is 5. The molecule has 0 saturated heterocycles. The molecular formula is C31H44BN5O8. The molecule has 0 aliphatic heterocycles. The molecule has 0 radical (unpaired) electrons. The first-order valence-corrected chi connectivity index (χ1v) is 14.7. The van der Waals surface area contributed by atoms with Gasteiger partial charge in [0.25, 0.3) is 11.9 Å². The van der Waals surface area contributed by atoms with Crippen molar-refractivity contribution in [2.45, 2.75) is 58.1 Å². The second-order valence-corrected chi connectivity index (χ2v) is 11.5. The molecule has 1 unspecified atom stereocenters. The van der Waals surface area contributed by atoms with E-state index in [0.29, 0.717) is 5.69 Å². The SMILES string of the molecule is CC(C)C[C@H](NC(=O)C(NC(=O)c1cccc(-c2ccccc2)n1)[C@@H](C)O)B(OCC(=O)N(C)C)OC(=O)CCC(=O)N(C)C. The molecule has 2 rings (SSSR count). The fourth-order valence-corrected chi connectivity index (χ4v) is 4.11. The van der Waals surface area contributed by atoms with Crippen LogP contribution in [0.1, 0.15) is 50.5 Å². The van der Waals surface area contributed by atoms with E-state index in [4.69, 9.17) is 9.31 Å². The lowest BCUT2D eigenvalue weighted by Gasteiger charge is -2.28. The number of benzene rings is 1. The van der Waals surface area contributed by atoms with Gasteiger partial charge in [0.1, 0.15) is 18.3 Å². The number of carbonyl (C=O) groups excluding carboxylic acids is 5. The number of pyridine rings is 1. The molecule has 0 aliphatic carbocycles. The zero-order valence-corrected chi connectivity index (χ0v) is 27.0. The average molecular weight is 626 g/mol. The summed E-state index contributed by atoms with van der Waals surface area (Å²) in [6.45, 7) is 4.64. The van der Waals surface area contributed by atoms with Crippen molar-refractivity contribution < 1.29 is 38.4 Å². The molecule has 0 aliphatic rings. The number of rotatable bonds is 16. The predicted molar refractivity (Wildman–Crippen MR) is 168 cm³/mol. The number of nitrogens with one attached hydrogen (secondary N) is 2. The maximum absolute atomic E-state index is 13.5. The first-order chi connectivity index (χ1) is 21.2. The molecule has 4 amide bonds. The van der Waals surface area contributed by atoms with Gasteiger partial charge in [0.2, 0.25) is 17.7 Å². The van der Waals surface area contributed by atoms with Gasteiger partial charge in [0.05, 0.1) is 24.2 Å². The molecule has 1 heterocycles. The number of nitrogens with zero attached hydrogens (tertiary/aromatic N) is 3. The van der Waals surface area contributed by atoms with E-state index >= 15 is 0 Å². The van der Waals surface area contributed by atoms with Crippen LogP contribution in [0.3, 0.4) is 0 Å². The summed E-state index contributed by atoms with van der Waals surface area (Å²) in [6, 6.07) is 12.8. The lowest BCUT2D eigenvalue weighted by atomic mass is 9.73. The number of aromatic nitrogens is 1. The highest BCUT2D eigenvalue weighted by atomic mass is 16.6. The smallest absolute Gasteiger partial charge is 0.508 e. The Labute approximate surface area is 264 Å². The third-order valence-electron chi connectivity index (χ3n) is 6.64. The van der Waals surface area contributed by atoms with Crippen LogP contribution in [-0.4, -0.2) is 109 Å². The van der Waals surface area contributed by atoms with Gasteiger partial charge in [-0.2, -0.15) is 0 Å². The van der Waals surface area contributed by atoms with Crippen molar-refractivity contribution in [1.29, 1.82) is 0 Å². The van der Waals surface area contributed by atoms with E-state index in [0.717, 1.165) is 5.56 Å². The lowest BCUT2D eigenvalue weighted by Crippen LogP contribution is -2.59. The van der Waals surface area contributed by atoms with E-state index in [9.17, 15) is 29.1 Å². The van der Waals surface area contributed by atoms with Gasteiger partial charge in [-0.25, -0.2) is 4.98 Å². The summed E-state index contributed by atoms with van der Waals surface area (Å²) in [7, 11) is 4.79. The first-order valence-electron chi connectivity index (χ1n) is 14.7. The van der Waals surface area contributed by atoms with Crippen LogP contribution in [0.4, 0.5) is 0 Å². The van der Waals surface area contributed by atoms with Crippen molar-refractivity contribution in [3.8, 4) is 11.3 Å². The Bertz CT molecular complexity index is 1310. The van der Waals surface area contributed by atoms with E-state index in [1.54, 1.807) is 26.2 Å². The van der Waals surface area contributed by atoms with E-state index in [2.05, 4.69) is 15.6 Å². The molecule has 0 bridgehead atoms. The van der Waals surface area contributed by atoms with E-state index < -0.39 is 55.5 Å². The van der Waals surface area contributed by atoms with Crippen LogP contribution >= 0.6 is 0 Å². The average Bonchev–Trinajstić information content (AvgIpc) is 2.99. The molecule has 13 nitrogen and oxygen atoms in total. The van der Waals surface area contributed by atoms with Crippen LogP contribution in [0.25, 0.3) is 11.3 Å².